The molecule has 156 valence electrons. The van der Waals surface area contributed by atoms with Gasteiger partial charge >= 0.3 is 0 Å². The van der Waals surface area contributed by atoms with Gasteiger partial charge in [0, 0.05) is 55.8 Å². The van der Waals surface area contributed by atoms with Crippen LogP contribution in [-0.4, -0.2) is 49.4 Å². The van der Waals surface area contributed by atoms with E-state index < -0.39 is 5.91 Å². The third kappa shape index (κ3) is 4.15. The molecule has 4 rings (SSSR count). The first-order valence-corrected chi connectivity index (χ1v) is 10.1. The summed E-state index contributed by atoms with van der Waals surface area (Å²) in [6.07, 6.45) is 0.227. The number of aryl methyl sites for hydroxylation is 1. The molecule has 0 bridgehead atoms. The zero-order valence-electron chi connectivity index (χ0n) is 16.9. The molecule has 0 spiro atoms. The predicted octanol–water partition coefficient (Wildman–Crippen LogP) is 3.35. The number of nitrogens with one attached hydrogen (secondary N) is 1. The number of halogens is 1. The highest BCUT2D eigenvalue weighted by molar-refractivity contribution is 5.99. The number of rotatable bonds is 5. The molecule has 0 atom stereocenters. The Morgan fingerprint density at radius 2 is 1.80 bits per heavy atom. The fourth-order valence-corrected chi connectivity index (χ4v) is 3.78. The minimum absolute atomic E-state index is 0.0198. The van der Waals surface area contributed by atoms with Gasteiger partial charge < -0.3 is 19.5 Å². The lowest BCUT2D eigenvalue weighted by Crippen LogP contribution is -2.49. The van der Waals surface area contributed by atoms with Crippen LogP contribution < -0.4 is 10.2 Å². The zero-order valence-corrected chi connectivity index (χ0v) is 16.9. The molecule has 1 fully saturated rings. The van der Waals surface area contributed by atoms with Crippen molar-refractivity contribution in [2.24, 2.45) is 0 Å². The number of carbonyl (C=O) groups is 2. The maximum Gasteiger partial charge on any atom is 0.287 e. The Bertz CT molecular complexity index is 1060. The number of furan rings is 1. The summed E-state index contributed by atoms with van der Waals surface area (Å²) in [4.78, 5) is 29.0. The van der Waals surface area contributed by atoms with E-state index in [9.17, 15) is 14.0 Å². The molecule has 7 heteroatoms. The van der Waals surface area contributed by atoms with E-state index in [-0.39, 0.29) is 30.5 Å². The fourth-order valence-electron chi connectivity index (χ4n) is 3.78. The van der Waals surface area contributed by atoms with Crippen LogP contribution in [0.4, 0.5) is 10.1 Å². The number of para-hydroxylation sites is 1. The molecular formula is C23H24FN3O3. The molecule has 2 aromatic carbocycles. The Hall–Kier alpha value is -3.35. The summed E-state index contributed by atoms with van der Waals surface area (Å²) < 4.78 is 19.0. The van der Waals surface area contributed by atoms with Crippen molar-refractivity contribution in [3.63, 3.8) is 0 Å². The van der Waals surface area contributed by atoms with Gasteiger partial charge in [-0.3, -0.25) is 9.59 Å². The van der Waals surface area contributed by atoms with E-state index in [1.54, 1.807) is 6.92 Å². The molecular weight excluding hydrogens is 385 g/mol. The van der Waals surface area contributed by atoms with E-state index in [0.29, 0.717) is 29.6 Å². The average molecular weight is 409 g/mol. The number of anilines is 1. The summed E-state index contributed by atoms with van der Waals surface area (Å²) >= 11 is 0. The summed E-state index contributed by atoms with van der Waals surface area (Å²) in [5.74, 6) is -0.604. The Morgan fingerprint density at radius 3 is 2.53 bits per heavy atom. The highest BCUT2D eigenvalue weighted by atomic mass is 19.1. The first-order valence-electron chi connectivity index (χ1n) is 10.1. The summed E-state index contributed by atoms with van der Waals surface area (Å²) in [5, 5.41) is 3.31. The molecule has 0 aliphatic carbocycles. The lowest BCUT2D eigenvalue weighted by atomic mass is 10.1. The van der Waals surface area contributed by atoms with E-state index in [1.807, 2.05) is 23.1 Å². The van der Waals surface area contributed by atoms with Gasteiger partial charge in [-0.1, -0.05) is 18.2 Å². The van der Waals surface area contributed by atoms with Gasteiger partial charge in [-0.2, -0.15) is 0 Å². The molecule has 0 unspecified atom stereocenters. The van der Waals surface area contributed by atoms with Gasteiger partial charge in [-0.25, -0.2) is 4.39 Å². The van der Waals surface area contributed by atoms with Crippen molar-refractivity contribution in [1.29, 1.82) is 0 Å². The number of carbonyl (C=O) groups excluding carboxylic acids is 2. The zero-order chi connectivity index (χ0) is 21.1. The second-order valence-corrected chi connectivity index (χ2v) is 7.41. The van der Waals surface area contributed by atoms with Gasteiger partial charge in [0.25, 0.3) is 5.91 Å². The Balaban J connectivity index is 1.27. The van der Waals surface area contributed by atoms with Crippen molar-refractivity contribution in [1.82, 2.24) is 10.2 Å². The number of benzene rings is 2. The van der Waals surface area contributed by atoms with Crippen LogP contribution in [0.25, 0.3) is 11.0 Å². The maximum atomic E-state index is 13.4. The molecule has 1 aliphatic rings. The number of hydrogen-bond acceptors (Lipinski definition) is 4. The fraction of sp³-hybridized carbons (Fsp3) is 0.304. The smallest absolute Gasteiger partial charge is 0.287 e. The minimum atomic E-state index is -0.397. The third-order valence-corrected chi connectivity index (χ3v) is 5.48. The summed E-state index contributed by atoms with van der Waals surface area (Å²) in [6.45, 7) is 4.85. The van der Waals surface area contributed by atoms with Crippen LogP contribution in [0.2, 0.25) is 0 Å². The summed E-state index contributed by atoms with van der Waals surface area (Å²) in [6, 6.07) is 14.3. The first-order chi connectivity index (χ1) is 14.5. The standard InChI is InChI=1S/C23H24FN3O3/c1-16-19-15-17(24)7-8-20(19)30-22(16)23(29)25-10-9-21(28)27-13-11-26(12-14-27)18-5-3-2-4-6-18/h2-8,15H,9-14H2,1H3,(H,25,29). The highest BCUT2D eigenvalue weighted by Gasteiger charge is 2.22. The minimum Gasteiger partial charge on any atom is -0.451 e. The Labute approximate surface area is 174 Å². The molecule has 30 heavy (non-hydrogen) atoms. The molecule has 1 aliphatic heterocycles. The van der Waals surface area contributed by atoms with Gasteiger partial charge in [-0.15, -0.1) is 0 Å². The average Bonchev–Trinajstić information content (AvgIpc) is 3.10. The number of piperazine rings is 1. The topological polar surface area (TPSA) is 65.8 Å². The maximum absolute atomic E-state index is 13.4. The van der Waals surface area contributed by atoms with Gasteiger partial charge in [-0.05, 0) is 37.3 Å². The van der Waals surface area contributed by atoms with Crippen LogP contribution in [0.1, 0.15) is 22.5 Å². The monoisotopic (exact) mass is 409 g/mol. The summed E-state index contributed by atoms with van der Waals surface area (Å²) in [5.41, 5.74) is 2.22. The van der Waals surface area contributed by atoms with Crippen LogP contribution in [0.3, 0.4) is 0 Å². The van der Waals surface area contributed by atoms with Crippen LogP contribution in [0, 0.1) is 12.7 Å². The van der Waals surface area contributed by atoms with E-state index in [2.05, 4.69) is 22.3 Å². The predicted molar refractivity (Wildman–Crippen MR) is 113 cm³/mol. The molecule has 1 saturated heterocycles. The van der Waals surface area contributed by atoms with Gasteiger partial charge in [0.15, 0.2) is 5.76 Å². The Morgan fingerprint density at radius 1 is 1.07 bits per heavy atom. The number of fused-ring (bicyclic) bond motifs is 1. The van der Waals surface area contributed by atoms with E-state index in [1.165, 1.54) is 18.2 Å². The molecule has 6 nitrogen and oxygen atoms in total. The van der Waals surface area contributed by atoms with Crippen molar-refractivity contribution in [2.45, 2.75) is 13.3 Å². The van der Waals surface area contributed by atoms with Crippen molar-refractivity contribution < 1.29 is 18.4 Å². The molecule has 0 radical (unpaired) electrons. The molecule has 3 aromatic rings. The number of amides is 2. The number of hydrogen-bond donors (Lipinski definition) is 1. The lowest BCUT2D eigenvalue weighted by Gasteiger charge is -2.36. The van der Waals surface area contributed by atoms with Crippen molar-refractivity contribution in [3.8, 4) is 0 Å². The molecule has 2 amide bonds. The van der Waals surface area contributed by atoms with Crippen LogP contribution in [0.5, 0.6) is 0 Å². The van der Waals surface area contributed by atoms with Gasteiger partial charge in [0.05, 0.1) is 0 Å². The Kier molecular flexibility index (Phi) is 5.70. The molecule has 0 saturated carbocycles. The van der Waals surface area contributed by atoms with Crippen LogP contribution >= 0.6 is 0 Å². The van der Waals surface area contributed by atoms with E-state index >= 15 is 0 Å². The van der Waals surface area contributed by atoms with Crippen molar-refractivity contribution >= 4 is 28.5 Å². The van der Waals surface area contributed by atoms with Crippen molar-refractivity contribution in [3.05, 3.63) is 65.7 Å². The first kappa shape index (κ1) is 19.9. The SMILES string of the molecule is Cc1c(C(=O)NCCC(=O)N2CCN(c3ccccc3)CC2)oc2ccc(F)cc12. The largest absolute Gasteiger partial charge is 0.451 e. The van der Waals surface area contributed by atoms with E-state index in [4.69, 9.17) is 4.42 Å². The number of nitrogens with zero attached hydrogens (tertiary/aromatic N) is 2. The van der Waals surface area contributed by atoms with Crippen LogP contribution in [-0.2, 0) is 4.79 Å². The third-order valence-electron chi connectivity index (χ3n) is 5.48. The van der Waals surface area contributed by atoms with Gasteiger partial charge in [0.2, 0.25) is 5.91 Å². The lowest BCUT2D eigenvalue weighted by molar-refractivity contribution is -0.131. The van der Waals surface area contributed by atoms with Crippen LogP contribution in [0.15, 0.2) is 52.9 Å². The van der Waals surface area contributed by atoms with Gasteiger partial charge in [0.1, 0.15) is 11.4 Å². The molecule has 2 heterocycles. The quantitative estimate of drug-likeness (QED) is 0.702. The highest BCUT2D eigenvalue weighted by Crippen LogP contribution is 2.26. The molecule has 1 aromatic heterocycles. The molecule has 1 N–H and O–H groups in total. The second-order valence-electron chi connectivity index (χ2n) is 7.41. The van der Waals surface area contributed by atoms with E-state index in [0.717, 1.165) is 18.8 Å². The second kappa shape index (κ2) is 8.57. The van der Waals surface area contributed by atoms with Crippen molar-refractivity contribution in [2.75, 3.05) is 37.6 Å². The summed E-state index contributed by atoms with van der Waals surface area (Å²) in [7, 11) is 0. The normalized spacial score (nSPS) is 14.2.